The minimum absolute atomic E-state index is 0.435. The first-order valence-corrected chi connectivity index (χ1v) is 11.2. The Hall–Kier alpha value is -0.120. The van der Waals surface area contributed by atoms with E-state index >= 15 is 0 Å². The second kappa shape index (κ2) is 17.3. The summed E-state index contributed by atoms with van der Waals surface area (Å²) in [5.41, 5.74) is 0. The van der Waals surface area contributed by atoms with Crippen LogP contribution in [-0.4, -0.2) is 37.4 Å². The molecule has 0 saturated carbocycles. The van der Waals surface area contributed by atoms with Crippen LogP contribution in [0.1, 0.15) is 106 Å². The van der Waals surface area contributed by atoms with Crippen molar-refractivity contribution in [3.63, 3.8) is 0 Å². The molecule has 3 nitrogen and oxygen atoms in total. The van der Waals surface area contributed by atoms with Crippen molar-refractivity contribution in [2.75, 3.05) is 13.2 Å². The van der Waals surface area contributed by atoms with Gasteiger partial charge in [-0.2, -0.15) is 0 Å². The molecule has 0 aliphatic rings. The van der Waals surface area contributed by atoms with Crippen LogP contribution >= 0.6 is 0 Å². The molecule has 0 aliphatic carbocycles. The Bertz CT molecular complexity index is 247. The van der Waals surface area contributed by atoms with Crippen LogP contribution in [0.5, 0.6) is 0 Å². The maximum Gasteiger partial charge on any atom is 0.0617 e. The van der Waals surface area contributed by atoms with E-state index in [9.17, 15) is 0 Å². The first-order valence-electron chi connectivity index (χ1n) is 11.2. The molecule has 0 aromatic carbocycles. The largest absolute Gasteiger partial charge is 0.378 e. The number of nitrogens with one attached hydrogen (secondary N) is 2. The van der Waals surface area contributed by atoms with E-state index in [0.717, 1.165) is 13.2 Å². The molecule has 0 bridgehead atoms. The van der Waals surface area contributed by atoms with Crippen LogP contribution in [0.25, 0.3) is 0 Å². The third-order valence-electron chi connectivity index (χ3n) is 5.07. The van der Waals surface area contributed by atoms with Crippen molar-refractivity contribution in [1.29, 1.82) is 0 Å². The van der Waals surface area contributed by atoms with Gasteiger partial charge in [0.1, 0.15) is 0 Å². The average Bonchev–Trinajstić information content (AvgIpc) is 2.60. The van der Waals surface area contributed by atoms with E-state index in [1.165, 1.54) is 64.2 Å². The molecular formula is C22H48N2O. The molecule has 0 fully saturated rings. The second-order valence-corrected chi connectivity index (χ2v) is 7.87. The van der Waals surface area contributed by atoms with Crippen LogP contribution < -0.4 is 10.6 Å². The fraction of sp³-hybridized carbons (Fsp3) is 1.00. The van der Waals surface area contributed by atoms with Crippen LogP contribution in [0.15, 0.2) is 0 Å². The smallest absolute Gasteiger partial charge is 0.0617 e. The van der Waals surface area contributed by atoms with Crippen LogP contribution in [0.3, 0.4) is 0 Å². The third kappa shape index (κ3) is 14.7. The Morgan fingerprint density at radius 1 is 0.640 bits per heavy atom. The lowest BCUT2D eigenvalue weighted by Crippen LogP contribution is -2.42. The molecule has 0 amide bonds. The van der Waals surface area contributed by atoms with Gasteiger partial charge in [-0.1, -0.05) is 66.2 Å². The molecule has 4 atom stereocenters. The molecule has 0 rings (SSSR count). The molecule has 0 heterocycles. The van der Waals surface area contributed by atoms with Gasteiger partial charge in [-0.25, -0.2) is 0 Å². The van der Waals surface area contributed by atoms with Crippen molar-refractivity contribution in [2.24, 2.45) is 0 Å². The van der Waals surface area contributed by atoms with E-state index in [2.05, 4.69) is 52.2 Å². The predicted molar refractivity (Wildman–Crippen MR) is 112 cm³/mol. The summed E-state index contributed by atoms with van der Waals surface area (Å²) in [7, 11) is 0. The summed E-state index contributed by atoms with van der Waals surface area (Å²) in [6.07, 6.45) is 13.0. The van der Waals surface area contributed by atoms with Gasteiger partial charge in [0.25, 0.3) is 0 Å². The molecule has 0 saturated heterocycles. The van der Waals surface area contributed by atoms with Gasteiger partial charge in [-0.3, -0.25) is 0 Å². The van der Waals surface area contributed by atoms with Gasteiger partial charge in [0, 0.05) is 24.2 Å². The molecular weight excluding hydrogens is 308 g/mol. The first-order chi connectivity index (χ1) is 12.1. The summed E-state index contributed by atoms with van der Waals surface area (Å²) in [5, 5.41) is 7.48. The zero-order valence-corrected chi connectivity index (χ0v) is 18.2. The van der Waals surface area contributed by atoms with Crippen molar-refractivity contribution < 1.29 is 4.74 Å². The van der Waals surface area contributed by atoms with E-state index in [1.54, 1.807) is 0 Å². The average molecular weight is 357 g/mol. The second-order valence-electron chi connectivity index (χ2n) is 7.87. The summed E-state index contributed by atoms with van der Waals surface area (Å²) >= 11 is 0. The highest BCUT2D eigenvalue weighted by molar-refractivity contribution is 4.72. The minimum Gasteiger partial charge on any atom is -0.378 e. The molecule has 0 aromatic heterocycles. The van der Waals surface area contributed by atoms with Crippen molar-refractivity contribution in [2.45, 2.75) is 130 Å². The quantitative estimate of drug-likeness (QED) is 0.310. The predicted octanol–water partition coefficient (Wildman–Crippen LogP) is 5.68. The lowest BCUT2D eigenvalue weighted by atomic mass is 10.1. The monoisotopic (exact) mass is 356 g/mol. The Morgan fingerprint density at radius 3 is 1.36 bits per heavy atom. The molecule has 2 N–H and O–H groups in total. The SMILES string of the molecule is CCCCCC(CC)NC(C)COCC(C)NC(CC)CCCCC. The number of ether oxygens (including phenoxy) is 1. The van der Waals surface area contributed by atoms with E-state index in [1.807, 2.05) is 0 Å². The van der Waals surface area contributed by atoms with Crippen molar-refractivity contribution >= 4 is 0 Å². The summed E-state index contributed by atoms with van der Waals surface area (Å²) < 4.78 is 5.97. The number of unbranched alkanes of at least 4 members (excludes halogenated alkanes) is 4. The van der Waals surface area contributed by atoms with E-state index in [4.69, 9.17) is 4.74 Å². The van der Waals surface area contributed by atoms with Crippen molar-refractivity contribution in [1.82, 2.24) is 10.6 Å². The molecule has 4 unspecified atom stereocenters. The zero-order chi connectivity index (χ0) is 18.9. The molecule has 0 aromatic rings. The normalized spacial score (nSPS) is 16.6. The van der Waals surface area contributed by atoms with Gasteiger partial charge >= 0.3 is 0 Å². The topological polar surface area (TPSA) is 33.3 Å². The highest BCUT2D eigenvalue weighted by atomic mass is 16.5. The van der Waals surface area contributed by atoms with Gasteiger partial charge < -0.3 is 15.4 Å². The van der Waals surface area contributed by atoms with Gasteiger partial charge in [0.15, 0.2) is 0 Å². The Balaban J connectivity index is 3.87. The summed E-state index contributed by atoms with van der Waals surface area (Å²) in [6.45, 7) is 15.2. The van der Waals surface area contributed by atoms with E-state index < -0.39 is 0 Å². The van der Waals surface area contributed by atoms with Gasteiger partial charge in [-0.15, -0.1) is 0 Å². The minimum atomic E-state index is 0.435. The molecule has 152 valence electrons. The van der Waals surface area contributed by atoms with Crippen molar-refractivity contribution in [3.8, 4) is 0 Å². The van der Waals surface area contributed by atoms with E-state index in [-0.39, 0.29) is 0 Å². The molecule has 0 radical (unpaired) electrons. The Kier molecular flexibility index (Phi) is 17.2. The zero-order valence-electron chi connectivity index (χ0n) is 18.2. The fourth-order valence-corrected chi connectivity index (χ4v) is 3.41. The molecule has 0 spiro atoms. The number of hydrogen-bond acceptors (Lipinski definition) is 3. The Labute approximate surface area is 159 Å². The van der Waals surface area contributed by atoms with Crippen LogP contribution in [0.4, 0.5) is 0 Å². The van der Waals surface area contributed by atoms with Gasteiger partial charge in [0.2, 0.25) is 0 Å². The maximum absolute atomic E-state index is 5.97. The van der Waals surface area contributed by atoms with Crippen LogP contribution in [0, 0.1) is 0 Å². The summed E-state index contributed by atoms with van der Waals surface area (Å²) in [5.74, 6) is 0. The lowest BCUT2D eigenvalue weighted by Gasteiger charge is -2.25. The van der Waals surface area contributed by atoms with Gasteiger partial charge in [0.05, 0.1) is 13.2 Å². The summed E-state index contributed by atoms with van der Waals surface area (Å²) in [4.78, 5) is 0. The van der Waals surface area contributed by atoms with Crippen molar-refractivity contribution in [3.05, 3.63) is 0 Å². The van der Waals surface area contributed by atoms with E-state index in [0.29, 0.717) is 24.2 Å². The van der Waals surface area contributed by atoms with Crippen LogP contribution in [0.2, 0.25) is 0 Å². The fourth-order valence-electron chi connectivity index (χ4n) is 3.41. The molecule has 3 heteroatoms. The molecule has 25 heavy (non-hydrogen) atoms. The number of hydrogen-bond donors (Lipinski definition) is 2. The molecule has 0 aliphatic heterocycles. The highest BCUT2D eigenvalue weighted by Gasteiger charge is 2.13. The standard InChI is InChI=1S/C22H48N2O/c1-7-11-13-15-21(9-3)23-19(5)17-25-18-20(6)24-22(10-4)16-14-12-8-2/h19-24H,7-18H2,1-6H3. The number of rotatable bonds is 18. The third-order valence-corrected chi connectivity index (χ3v) is 5.07. The maximum atomic E-state index is 5.97. The van der Waals surface area contributed by atoms with Gasteiger partial charge in [-0.05, 0) is 39.5 Å². The lowest BCUT2D eigenvalue weighted by molar-refractivity contribution is 0.0920. The Morgan fingerprint density at radius 2 is 1.04 bits per heavy atom. The first kappa shape index (κ1) is 24.9. The van der Waals surface area contributed by atoms with Crippen LogP contribution in [-0.2, 0) is 4.74 Å². The summed E-state index contributed by atoms with van der Waals surface area (Å²) in [6, 6.07) is 2.16. The highest BCUT2D eigenvalue weighted by Crippen LogP contribution is 2.08.